The smallest absolute Gasteiger partial charge is 0.124 e. The maximum atomic E-state index is 4.83. The van der Waals surface area contributed by atoms with Crippen LogP contribution in [0.15, 0.2) is 24.3 Å². The Bertz CT molecular complexity index is 558. The van der Waals surface area contributed by atoms with E-state index in [2.05, 4.69) is 47.6 Å². The fourth-order valence-corrected chi connectivity index (χ4v) is 3.17. The largest absolute Gasteiger partial charge is 0.327 e. The van der Waals surface area contributed by atoms with Gasteiger partial charge in [0, 0.05) is 12.6 Å². The minimum Gasteiger partial charge on any atom is -0.327 e. The molecule has 1 aliphatic heterocycles. The normalized spacial score (nSPS) is 21.1. The number of likely N-dealkylation sites (tertiary alicyclic amines) is 1. The quantitative estimate of drug-likeness (QED) is 0.840. The van der Waals surface area contributed by atoms with Crippen molar-refractivity contribution in [3.63, 3.8) is 0 Å². The molecule has 3 heteroatoms. The minimum atomic E-state index is 0.693. The van der Waals surface area contributed by atoms with Crippen molar-refractivity contribution >= 4 is 11.0 Å². The molecule has 1 aliphatic rings. The first kappa shape index (κ1) is 12.7. The molecule has 1 fully saturated rings. The second-order valence-electron chi connectivity index (χ2n) is 5.58. The molecule has 3 nitrogen and oxygen atoms in total. The van der Waals surface area contributed by atoms with Gasteiger partial charge in [0.1, 0.15) is 5.82 Å². The Labute approximate surface area is 115 Å². The molecule has 1 saturated heterocycles. The molecule has 0 saturated carbocycles. The van der Waals surface area contributed by atoms with E-state index < -0.39 is 0 Å². The number of imidazole rings is 1. The average Bonchev–Trinajstić information content (AvgIpc) is 2.78. The number of rotatable bonds is 3. The first-order chi connectivity index (χ1) is 9.29. The van der Waals surface area contributed by atoms with E-state index in [1.807, 2.05) is 0 Å². The number of benzene rings is 1. The molecule has 1 unspecified atom stereocenters. The summed E-state index contributed by atoms with van der Waals surface area (Å²) >= 11 is 0. The summed E-state index contributed by atoms with van der Waals surface area (Å²) in [5.41, 5.74) is 2.40. The van der Waals surface area contributed by atoms with Crippen molar-refractivity contribution in [1.82, 2.24) is 14.5 Å². The monoisotopic (exact) mass is 257 g/mol. The molecular weight excluding hydrogens is 234 g/mol. The van der Waals surface area contributed by atoms with Crippen LogP contribution in [-0.4, -0.2) is 27.0 Å². The van der Waals surface area contributed by atoms with Crippen LogP contribution in [0.3, 0.4) is 0 Å². The van der Waals surface area contributed by atoms with Gasteiger partial charge in [0.05, 0.1) is 17.6 Å². The van der Waals surface area contributed by atoms with Gasteiger partial charge in [-0.25, -0.2) is 4.98 Å². The Kier molecular flexibility index (Phi) is 3.56. The van der Waals surface area contributed by atoms with Crippen LogP contribution in [0.2, 0.25) is 0 Å². The number of nitrogens with zero attached hydrogens (tertiary/aromatic N) is 3. The zero-order chi connectivity index (χ0) is 13.2. The molecule has 0 amide bonds. The molecule has 3 rings (SSSR count). The molecule has 0 bridgehead atoms. The SMILES string of the molecule is CCn1c(CN2CCCCC2C)nc2ccccc21. The Morgan fingerprint density at radius 1 is 1.26 bits per heavy atom. The predicted octanol–water partition coefficient (Wildman–Crippen LogP) is 3.43. The maximum Gasteiger partial charge on any atom is 0.124 e. The summed E-state index contributed by atoms with van der Waals surface area (Å²) in [6, 6.07) is 9.16. The first-order valence-corrected chi connectivity index (χ1v) is 7.47. The lowest BCUT2D eigenvalue weighted by molar-refractivity contribution is 0.147. The van der Waals surface area contributed by atoms with Gasteiger partial charge in [0.2, 0.25) is 0 Å². The summed E-state index contributed by atoms with van der Waals surface area (Å²) in [6.07, 6.45) is 4.03. The van der Waals surface area contributed by atoms with Crippen LogP contribution in [0.1, 0.15) is 38.9 Å². The zero-order valence-electron chi connectivity index (χ0n) is 12.0. The highest BCUT2D eigenvalue weighted by atomic mass is 15.2. The van der Waals surface area contributed by atoms with Gasteiger partial charge in [-0.3, -0.25) is 4.90 Å². The van der Waals surface area contributed by atoms with Gasteiger partial charge in [-0.1, -0.05) is 18.6 Å². The van der Waals surface area contributed by atoms with Gasteiger partial charge in [-0.05, 0) is 45.4 Å². The van der Waals surface area contributed by atoms with E-state index in [1.54, 1.807) is 0 Å². The van der Waals surface area contributed by atoms with Crippen LogP contribution >= 0.6 is 0 Å². The Hall–Kier alpha value is -1.35. The van der Waals surface area contributed by atoms with Crippen molar-refractivity contribution in [3.05, 3.63) is 30.1 Å². The van der Waals surface area contributed by atoms with Crippen LogP contribution in [0.25, 0.3) is 11.0 Å². The van der Waals surface area contributed by atoms with Gasteiger partial charge in [-0.2, -0.15) is 0 Å². The van der Waals surface area contributed by atoms with Crippen LogP contribution in [-0.2, 0) is 13.1 Å². The fraction of sp³-hybridized carbons (Fsp3) is 0.562. The summed E-state index contributed by atoms with van der Waals surface area (Å²) in [4.78, 5) is 7.41. The molecule has 2 heterocycles. The maximum absolute atomic E-state index is 4.83. The van der Waals surface area contributed by atoms with E-state index in [-0.39, 0.29) is 0 Å². The van der Waals surface area contributed by atoms with E-state index in [1.165, 1.54) is 37.1 Å². The van der Waals surface area contributed by atoms with Gasteiger partial charge in [0.15, 0.2) is 0 Å². The number of hydrogen-bond acceptors (Lipinski definition) is 2. The summed E-state index contributed by atoms with van der Waals surface area (Å²) in [5, 5.41) is 0. The van der Waals surface area contributed by atoms with E-state index >= 15 is 0 Å². The number of aromatic nitrogens is 2. The number of para-hydroxylation sites is 2. The van der Waals surface area contributed by atoms with E-state index in [4.69, 9.17) is 4.98 Å². The molecule has 19 heavy (non-hydrogen) atoms. The molecule has 102 valence electrons. The summed E-state index contributed by atoms with van der Waals surface area (Å²) in [6.45, 7) is 7.76. The highest BCUT2D eigenvalue weighted by Crippen LogP contribution is 2.21. The highest BCUT2D eigenvalue weighted by molar-refractivity contribution is 5.75. The lowest BCUT2D eigenvalue weighted by atomic mass is 10.0. The molecule has 1 atom stereocenters. The highest BCUT2D eigenvalue weighted by Gasteiger charge is 2.20. The summed E-state index contributed by atoms with van der Waals surface area (Å²) in [7, 11) is 0. The summed E-state index contributed by atoms with van der Waals surface area (Å²) in [5.74, 6) is 1.22. The molecule has 2 aromatic rings. The van der Waals surface area contributed by atoms with Crippen molar-refractivity contribution in [1.29, 1.82) is 0 Å². The van der Waals surface area contributed by atoms with Crippen LogP contribution < -0.4 is 0 Å². The zero-order valence-corrected chi connectivity index (χ0v) is 12.0. The van der Waals surface area contributed by atoms with Gasteiger partial charge in [0.25, 0.3) is 0 Å². The Balaban J connectivity index is 1.91. The van der Waals surface area contributed by atoms with Gasteiger partial charge < -0.3 is 4.57 Å². The Morgan fingerprint density at radius 2 is 2.11 bits per heavy atom. The number of fused-ring (bicyclic) bond motifs is 1. The number of hydrogen-bond donors (Lipinski definition) is 0. The third-order valence-corrected chi connectivity index (χ3v) is 4.33. The molecule has 0 N–H and O–H groups in total. The second kappa shape index (κ2) is 5.33. The third kappa shape index (κ3) is 2.39. The lowest BCUT2D eigenvalue weighted by Gasteiger charge is -2.33. The molecule has 0 aliphatic carbocycles. The fourth-order valence-electron chi connectivity index (χ4n) is 3.17. The number of piperidine rings is 1. The lowest BCUT2D eigenvalue weighted by Crippen LogP contribution is -2.37. The van der Waals surface area contributed by atoms with Crippen molar-refractivity contribution in [3.8, 4) is 0 Å². The topological polar surface area (TPSA) is 21.1 Å². The van der Waals surface area contributed by atoms with Crippen LogP contribution in [0.5, 0.6) is 0 Å². The molecule has 1 aromatic heterocycles. The molecular formula is C16H23N3. The van der Waals surface area contributed by atoms with E-state index in [9.17, 15) is 0 Å². The Morgan fingerprint density at radius 3 is 2.89 bits per heavy atom. The third-order valence-electron chi connectivity index (χ3n) is 4.33. The molecule has 0 radical (unpaired) electrons. The average molecular weight is 257 g/mol. The van der Waals surface area contributed by atoms with Gasteiger partial charge in [-0.15, -0.1) is 0 Å². The minimum absolute atomic E-state index is 0.693. The standard InChI is InChI=1S/C16H23N3/c1-3-19-15-10-5-4-9-14(15)17-16(19)12-18-11-7-6-8-13(18)2/h4-5,9-10,13H,3,6-8,11-12H2,1-2H3. The predicted molar refractivity (Wildman–Crippen MR) is 79.1 cm³/mol. The number of aryl methyl sites for hydroxylation is 1. The summed E-state index contributed by atoms with van der Waals surface area (Å²) < 4.78 is 2.36. The van der Waals surface area contributed by atoms with Crippen molar-refractivity contribution in [2.24, 2.45) is 0 Å². The molecule has 0 spiro atoms. The van der Waals surface area contributed by atoms with Crippen molar-refractivity contribution < 1.29 is 0 Å². The second-order valence-corrected chi connectivity index (χ2v) is 5.58. The van der Waals surface area contributed by atoms with Crippen LogP contribution in [0.4, 0.5) is 0 Å². The molecule has 1 aromatic carbocycles. The first-order valence-electron chi connectivity index (χ1n) is 7.47. The van der Waals surface area contributed by atoms with Crippen molar-refractivity contribution in [2.45, 2.75) is 52.2 Å². The van der Waals surface area contributed by atoms with Crippen molar-refractivity contribution in [2.75, 3.05) is 6.54 Å². The van der Waals surface area contributed by atoms with E-state index in [0.717, 1.165) is 18.6 Å². The van der Waals surface area contributed by atoms with E-state index in [0.29, 0.717) is 6.04 Å². The van der Waals surface area contributed by atoms with Gasteiger partial charge >= 0.3 is 0 Å². The van der Waals surface area contributed by atoms with Crippen LogP contribution in [0, 0.1) is 0 Å².